The molecule has 5 N–H and O–H groups in total. The summed E-state index contributed by atoms with van der Waals surface area (Å²) in [5, 5.41) is 3.80. The normalized spacial score (nSPS) is 12.2. The monoisotopic (exact) mass is 294 g/mol. The quantitative estimate of drug-likeness (QED) is 0.755. The largest absolute Gasteiger partial charge is 0.398 e. The molecule has 0 radical (unpaired) electrons. The Morgan fingerprint density at radius 3 is 2.75 bits per heavy atom. The van der Waals surface area contributed by atoms with E-state index in [1.165, 1.54) is 17.4 Å². The Kier molecular flexibility index (Phi) is 3.89. The summed E-state index contributed by atoms with van der Waals surface area (Å²) in [6.07, 6.45) is 1.76. The molecule has 20 heavy (non-hydrogen) atoms. The minimum absolute atomic E-state index is 0.0262. The van der Waals surface area contributed by atoms with Crippen LogP contribution in [0.25, 0.3) is 0 Å². The van der Waals surface area contributed by atoms with Crippen LogP contribution < -0.4 is 16.8 Å². The molecule has 7 heteroatoms. The van der Waals surface area contributed by atoms with Gasteiger partial charge in [-0.3, -0.25) is 4.79 Å². The maximum absolute atomic E-state index is 13.9. The molecular weight excluding hydrogens is 279 g/mol. The van der Waals surface area contributed by atoms with Crippen molar-refractivity contribution >= 4 is 28.6 Å². The lowest BCUT2D eigenvalue weighted by molar-refractivity contribution is 0.100. The predicted octanol–water partition coefficient (Wildman–Crippen LogP) is 2.44. The van der Waals surface area contributed by atoms with Crippen LogP contribution in [-0.4, -0.2) is 10.9 Å². The molecule has 0 aliphatic heterocycles. The second-order valence-corrected chi connectivity index (χ2v) is 5.73. The number of hydrogen-bond donors (Lipinski definition) is 3. The molecule has 1 aromatic carbocycles. The van der Waals surface area contributed by atoms with Crippen LogP contribution in [0.1, 0.15) is 33.2 Å². The van der Waals surface area contributed by atoms with E-state index in [0.717, 1.165) is 16.0 Å². The molecule has 1 heterocycles. The molecule has 0 spiro atoms. The molecule has 0 bridgehead atoms. The van der Waals surface area contributed by atoms with Crippen LogP contribution in [0.4, 0.5) is 15.8 Å². The number of benzene rings is 1. The minimum atomic E-state index is -0.691. The van der Waals surface area contributed by atoms with Crippen LogP contribution in [-0.2, 0) is 0 Å². The van der Waals surface area contributed by atoms with Gasteiger partial charge in [0.05, 0.1) is 17.3 Å². The highest BCUT2D eigenvalue weighted by Gasteiger charge is 2.15. The van der Waals surface area contributed by atoms with Crippen molar-refractivity contribution in [3.63, 3.8) is 0 Å². The SMILES string of the molecule is Cc1cnc(C(C)Nc2cc(C(N)=O)c(N)cc2F)s1. The lowest BCUT2D eigenvalue weighted by atomic mass is 10.1. The molecule has 0 aliphatic carbocycles. The molecule has 2 rings (SSSR count). The number of hydrogen-bond acceptors (Lipinski definition) is 5. The number of primary amides is 1. The summed E-state index contributed by atoms with van der Waals surface area (Å²) < 4.78 is 13.9. The molecule has 5 nitrogen and oxygen atoms in total. The van der Waals surface area contributed by atoms with Crippen LogP contribution in [0.3, 0.4) is 0 Å². The Morgan fingerprint density at radius 1 is 1.50 bits per heavy atom. The third-order valence-corrected chi connectivity index (χ3v) is 3.88. The van der Waals surface area contributed by atoms with E-state index in [0.29, 0.717) is 0 Å². The molecule has 0 aliphatic rings. The van der Waals surface area contributed by atoms with Gasteiger partial charge in [-0.1, -0.05) is 0 Å². The van der Waals surface area contributed by atoms with Gasteiger partial charge >= 0.3 is 0 Å². The molecule has 1 aromatic heterocycles. The molecule has 1 unspecified atom stereocenters. The third kappa shape index (κ3) is 2.88. The van der Waals surface area contributed by atoms with Gasteiger partial charge in [0.1, 0.15) is 10.8 Å². The second kappa shape index (κ2) is 5.46. The van der Waals surface area contributed by atoms with Crippen molar-refractivity contribution in [1.82, 2.24) is 4.98 Å². The molecule has 2 aromatic rings. The van der Waals surface area contributed by atoms with Crippen molar-refractivity contribution in [3.8, 4) is 0 Å². The Bertz CT molecular complexity index is 656. The van der Waals surface area contributed by atoms with Crippen molar-refractivity contribution in [2.45, 2.75) is 19.9 Å². The number of amides is 1. The van der Waals surface area contributed by atoms with Gasteiger partial charge in [0.25, 0.3) is 5.91 Å². The number of carbonyl (C=O) groups excluding carboxylic acids is 1. The maximum atomic E-state index is 13.9. The van der Waals surface area contributed by atoms with E-state index >= 15 is 0 Å². The van der Waals surface area contributed by atoms with E-state index in [1.54, 1.807) is 6.20 Å². The van der Waals surface area contributed by atoms with E-state index in [-0.39, 0.29) is 23.0 Å². The number of nitrogens with one attached hydrogen (secondary N) is 1. The molecule has 1 atom stereocenters. The Morgan fingerprint density at radius 2 is 2.20 bits per heavy atom. The summed E-state index contributed by atoms with van der Waals surface area (Å²) in [6.45, 7) is 3.81. The fraction of sp³-hybridized carbons (Fsp3) is 0.231. The zero-order chi connectivity index (χ0) is 14.9. The van der Waals surface area contributed by atoms with Crippen LogP contribution in [0.15, 0.2) is 18.3 Å². The van der Waals surface area contributed by atoms with Crippen LogP contribution in [0, 0.1) is 12.7 Å². The van der Waals surface area contributed by atoms with Crippen molar-refractivity contribution in [2.75, 3.05) is 11.1 Å². The van der Waals surface area contributed by atoms with Crippen LogP contribution in [0.2, 0.25) is 0 Å². The molecule has 0 fully saturated rings. The van der Waals surface area contributed by atoms with Gasteiger partial charge in [-0.2, -0.15) is 0 Å². The first-order chi connectivity index (χ1) is 9.38. The zero-order valence-corrected chi connectivity index (χ0v) is 11.9. The fourth-order valence-electron chi connectivity index (χ4n) is 1.78. The second-order valence-electron chi connectivity index (χ2n) is 4.46. The highest BCUT2D eigenvalue weighted by atomic mass is 32.1. The lowest BCUT2D eigenvalue weighted by Crippen LogP contribution is -2.15. The van der Waals surface area contributed by atoms with Gasteiger partial charge in [-0.15, -0.1) is 11.3 Å². The Balaban J connectivity index is 2.29. The first kappa shape index (κ1) is 14.3. The van der Waals surface area contributed by atoms with Gasteiger partial charge in [-0.25, -0.2) is 9.37 Å². The van der Waals surface area contributed by atoms with E-state index in [9.17, 15) is 9.18 Å². The maximum Gasteiger partial charge on any atom is 0.250 e. The van der Waals surface area contributed by atoms with E-state index in [4.69, 9.17) is 11.5 Å². The number of carbonyl (C=O) groups is 1. The number of nitrogens with two attached hydrogens (primary N) is 2. The average molecular weight is 294 g/mol. The average Bonchev–Trinajstić information content (AvgIpc) is 2.79. The number of anilines is 2. The third-order valence-electron chi connectivity index (χ3n) is 2.79. The molecule has 1 amide bonds. The van der Waals surface area contributed by atoms with Crippen LogP contribution >= 0.6 is 11.3 Å². The van der Waals surface area contributed by atoms with Crippen LogP contribution in [0.5, 0.6) is 0 Å². The minimum Gasteiger partial charge on any atom is -0.398 e. The molecule has 0 saturated heterocycles. The zero-order valence-electron chi connectivity index (χ0n) is 11.1. The first-order valence-electron chi connectivity index (χ1n) is 5.96. The summed E-state index contributed by atoms with van der Waals surface area (Å²) in [4.78, 5) is 16.5. The summed E-state index contributed by atoms with van der Waals surface area (Å²) in [6, 6.07) is 2.22. The molecular formula is C13H15FN4OS. The number of thiazole rings is 1. The van der Waals surface area contributed by atoms with Gasteiger partial charge in [0, 0.05) is 16.8 Å². The van der Waals surface area contributed by atoms with Crippen molar-refractivity contribution in [3.05, 3.63) is 39.6 Å². The van der Waals surface area contributed by atoms with Gasteiger partial charge in [0.2, 0.25) is 0 Å². The first-order valence-corrected chi connectivity index (χ1v) is 6.78. The summed E-state index contributed by atoms with van der Waals surface area (Å²) >= 11 is 1.52. The summed E-state index contributed by atoms with van der Waals surface area (Å²) in [7, 11) is 0. The van der Waals surface area contributed by atoms with Crippen molar-refractivity contribution in [1.29, 1.82) is 0 Å². The van der Waals surface area contributed by atoms with Gasteiger partial charge < -0.3 is 16.8 Å². The Labute approximate surface area is 119 Å². The van der Waals surface area contributed by atoms with E-state index < -0.39 is 11.7 Å². The number of nitrogens with zero attached hydrogens (tertiary/aromatic N) is 1. The van der Waals surface area contributed by atoms with Gasteiger partial charge in [-0.05, 0) is 26.0 Å². The standard InChI is InChI=1S/C13H15FN4OS/c1-6-5-17-13(20-6)7(2)18-11-3-8(12(16)19)10(15)4-9(11)14/h3-5,7,18H,15H2,1-2H3,(H2,16,19). The van der Waals surface area contributed by atoms with Crippen molar-refractivity contribution in [2.24, 2.45) is 5.73 Å². The van der Waals surface area contributed by atoms with Crippen molar-refractivity contribution < 1.29 is 9.18 Å². The summed E-state index contributed by atoms with van der Waals surface area (Å²) in [5.41, 5.74) is 11.1. The number of aryl methyl sites for hydroxylation is 1. The van der Waals surface area contributed by atoms with E-state index in [2.05, 4.69) is 10.3 Å². The summed E-state index contributed by atoms with van der Waals surface area (Å²) in [5.74, 6) is -1.23. The smallest absolute Gasteiger partial charge is 0.250 e. The highest BCUT2D eigenvalue weighted by Crippen LogP contribution is 2.27. The topological polar surface area (TPSA) is 94.0 Å². The lowest BCUT2D eigenvalue weighted by Gasteiger charge is -2.15. The number of halogens is 1. The number of nitrogen functional groups attached to an aromatic ring is 1. The molecule has 106 valence electrons. The number of rotatable bonds is 4. The highest BCUT2D eigenvalue weighted by molar-refractivity contribution is 7.11. The van der Waals surface area contributed by atoms with Gasteiger partial charge in [0.15, 0.2) is 0 Å². The Hall–Kier alpha value is -2.15. The van der Waals surface area contributed by atoms with E-state index in [1.807, 2.05) is 13.8 Å². The number of aromatic nitrogens is 1. The predicted molar refractivity (Wildman–Crippen MR) is 78.2 cm³/mol. The fourth-order valence-corrected chi connectivity index (χ4v) is 2.56. The molecule has 0 saturated carbocycles.